The number of nitrogens with one attached hydrogen (secondary N) is 1. The Morgan fingerprint density at radius 1 is 0.600 bits per heavy atom. The first-order valence-corrected chi connectivity index (χ1v) is 17.3. The van der Waals surface area contributed by atoms with Crippen LogP contribution in [0.4, 0.5) is 0 Å². The number of para-hydroxylation sites is 4. The maximum absolute atomic E-state index is 5.57. The molecular formula is C46H38N4. The fraction of sp³-hybridized carbons (Fsp3) is 0.130. The number of hydrogen-bond acceptors (Lipinski definition) is 2. The second-order valence-electron chi connectivity index (χ2n) is 14.5. The molecule has 0 bridgehead atoms. The summed E-state index contributed by atoms with van der Waals surface area (Å²) < 4.78 is 2.37. The highest BCUT2D eigenvalue weighted by molar-refractivity contribution is 6.13. The van der Waals surface area contributed by atoms with Gasteiger partial charge in [0.05, 0.1) is 27.8 Å². The van der Waals surface area contributed by atoms with Crippen molar-refractivity contribution in [2.24, 2.45) is 0 Å². The molecule has 9 rings (SSSR count). The molecule has 242 valence electrons. The number of fused-ring (bicyclic) bond motifs is 5. The minimum Gasteiger partial charge on any atom is -0.354 e. The number of pyridine rings is 1. The summed E-state index contributed by atoms with van der Waals surface area (Å²) in [4.78, 5) is 14.2. The van der Waals surface area contributed by atoms with E-state index in [0.717, 1.165) is 66.6 Å². The lowest BCUT2D eigenvalue weighted by atomic mass is 9.84. The van der Waals surface area contributed by atoms with Crippen LogP contribution >= 0.6 is 0 Å². The lowest BCUT2D eigenvalue weighted by Gasteiger charge is -2.21. The van der Waals surface area contributed by atoms with Crippen molar-refractivity contribution in [2.75, 3.05) is 0 Å². The zero-order chi connectivity index (χ0) is 34.1. The van der Waals surface area contributed by atoms with Crippen LogP contribution in [-0.2, 0) is 5.41 Å². The van der Waals surface area contributed by atoms with Crippen LogP contribution in [-0.4, -0.2) is 19.5 Å². The van der Waals surface area contributed by atoms with E-state index in [-0.39, 0.29) is 5.41 Å². The van der Waals surface area contributed by atoms with Crippen LogP contribution < -0.4 is 0 Å². The molecule has 0 saturated carbocycles. The van der Waals surface area contributed by atoms with E-state index < -0.39 is 0 Å². The number of aromatic amines is 1. The maximum atomic E-state index is 5.57. The van der Waals surface area contributed by atoms with Crippen LogP contribution in [0.25, 0.3) is 83.1 Å². The van der Waals surface area contributed by atoms with Gasteiger partial charge >= 0.3 is 0 Å². The molecule has 4 heteroatoms. The summed E-state index contributed by atoms with van der Waals surface area (Å²) >= 11 is 0. The summed E-state index contributed by atoms with van der Waals surface area (Å²) in [5.41, 5.74) is 15.8. The normalized spacial score (nSPS) is 12.1. The van der Waals surface area contributed by atoms with Gasteiger partial charge in [-0.15, -0.1) is 0 Å². The van der Waals surface area contributed by atoms with Gasteiger partial charge in [0, 0.05) is 50.1 Å². The van der Waals surface area contributed by atoms with E-state index in [2.05, 4.69) is 165 Å². The van der Waals surface area contributed by atoms with Crippen molar-refractivity contribution in [1.82, 2.24) is 19.5 Å². The molecule has 0 fully saturated rings. The third-order valence-electron chi connectivity index (χ3n) is 10.2. The minimum atomic E-state index is -0.00300. The van der Waals surface area contributed by atoms with E-state index in [0.29, 0.717) is 0 Å². The molecule has 0 radical (unpaired) electrons. The van der Waals surface area contributed by atoms with Gasteiger partial charge in [-0.25, -0.2) is 4.98 Å². The number of H-pyrrole nitrogens is 1. The summed E-state index contributed by atoms with van der Waals surface area (Å²) in [7, 11) is 0. The van der Waals surface area contributed by atoms with E-state index in [4.69, 9.17) is 9.97 Å². The molecule has 0 aliphatic carbocycles. The first kappa shape index (κ1) is 30.1. The standard InChI is InChI=1S/C46H38N4/c1-28-13-8-14-29(2)44(28)50-40-23-11-21-37(36-20-10-19-35-34-18-6-7-22-39(34)48-42(35)36)43(40)49-45(50)32-16-9-15-30(25-32)38-27-33(46(3,4)5)26-31-17-12-24-47-41(31)38/h6-27,48H,1-5H3. The van der Waals surface area contributed by atoms with Crippen molar-refractivity contribution in [2.45, 2.75) is 40.0 Å². The van der Waals surface area contributed by atoms with Crippen molar-refractivity contribution in [3.05, 3.63) is 150 Å². The van der Waals surface area contributed by atoms with E-state index >= 15 is 0 Å². The first-order valence-electron chi connectivity index (χ1n) is 17.3. The molecule has 0 amide bonds. The lowest BCUT2D eigenvalue weighted by molar-refractivity contribution is 0.591. The summed E-state index contributed by atoms with van der Waals surface area (Å²) in [6.07, 6.45) is 1.89. The van der Waals surface area contributed by atoms with E-state index in [1.54, 1.807) is 0 Å². The molecular weight excluding hydrogens is 609 g/mol. The molecule has 6 aromatic carbocycles. The summed E-state index contributed by atoms with van der Waals surface area (Å²) in [6.45, 7) is 11.2. The Hall–Kier alpha value is -6.00. The third-order valence-corrected chi connectivity index (χ3v) is 10.2. The van der Waals surface area contributed by atoms with Gasteiger partial charge in [0.2, 0.25) is 0 Å². The van der Waals surface area contributed by atoms with Crippen molar-refractivity contribution >= 4 is 43.7 Å². The quantitative estimate of drug-likeness (QED) is 0.207. The number of aromatic nitrogens is 4. The van der Waals surface area contributed by atoms with Gasteiger partial charge < -0.3 is 4.98 Å². The maximum Gasteiger partial charge on any atom is 0.145 e. The van der Waals surface area contributed by atoms with Gasteiger partial charge in [0.15, 0.2) is 0 Å². The number of hydrogen-bond donors (Lipinski definition) is 1. The van der Waals surface area contributed by atoms with Crippen LogP contribution in [0, 0.1) is 13.8 Å². The van der Waals surface area contributed by atoms with Crippen molar-refractivity contribution in [1.29, 1.82) is 0 Å². The molecule has 1 N–H and O–H groups in total. The minimum absolute atomic E-state index is 0.00300. The van der Waals surface area contributed by atoms with Gasteiger partial charge in [-0.05, 0) is 77.9 Å². The average molecular weight is 647 g/mol. The molecule has 9 aromatic rings. The van der Waals surface area contributed by atoms with Gasteiger partial charge in [0.25, 0.3) is 0 Å². The Kier molecular flexibility index (Phi) is 6.79. The van der Waals surface area contributed by atoms with Crippen LogP contribution in [0.3, 0.4) is 0 Å². The summed E-state index contributed by atoms with van der Waals surface area (Å²) in [6, 6.07) is 45.9. The molecule has 3 heterocycles. The fourth-order valence-corrected chi connectivity index (χ4v) is 7.66. The fourth-order valence-electron chi connectivity index (χ4n) is 7.66. The average Bonchev–Trinajstić information content (AvgIpc) is 3.70. The smallest absolute Gasteiger partial charge is 0.145 e. The van der Waals surface area contributed by atoms with E-state index in [1.807, 2.05) is 12.3 Å². The SMILES string of the molecule is Cc1cccc(C)c1-n1c(-c2cccc(-c3cc(C(C)(C)C)cc4cccnc34)c2)nc2c(-c3cccc4c3[nH]c3ccccc34)cccc21. The van der Waals surface area contributed by atoms with E-state index in [9.17, 15) is 0 Å². The predicted molar refractivity (Wildman–Crippen MR) is 210 cm³/mol. The monoisotopic (exact) mass is 646 g/mol. The van der Waals surface area contributed by atoms with Gasteiger partial charge in [-0.2, -0.15) is 0 Å². The summed E-state index contributed by atoms with van der Waals surface area (Å²) in [5.74, 6) is 0.916. The van der Waals surface area contributed by atoms with Gasteiger partial charge in [-0.3, -0.25) is 9.55 Å². The molecule has 0 spiro atoms. The third kappa shape index (κ3) is 4.74. The van der Waals surface area contributed by atoms with Crippen LogP contribution in [0.1, 0.15) is 37.5 Å². The predicted octanol–water partition coefficient (Wildman–Crippen LogP) is 12.1. The summed E-state index contributed by atoms with van der Waals surface area (Å²) in [5, 5.41) is 3.60. The highest BCUT2D eigenvalue weighted by Gasteiger charge is 2.22. The first-order chi connectivity index (χ1) is 24.3. The highest BCUT2D eigenvalue weighted by Crippen LogP contribution is 2.41. The Balaban J connectivity index is 1.32. The zero-order valence-electron chi connectivity index (χ0n) is 29.0. The van der Waals surface area contributed by atoms with E-state index in [1.165, 1.54) is 33.2 Å². The molecule has 3 aromatic heterocycles. The van der Waals surface area contributed by atoms with Crippen LogP contribution in [0.2, 0.25) is 0 Å². The Morgan fingerprint density at radius 2 is 1.32 bits per heavy atom. The molecule has 0 atom stereocenters. The Morgan fingerprint density at radius 3 is 2.16 bits per heavy atom. The second kappa shape index (κ2) is 11.3. The molecule has 0 aliphatic heterocycles. The largest absolute Gasteiger partial charge is 0.354 e. The molecule has 0 unspecified atom stereocenters. The van der Waals surface area contributed by atoms with Crippen molar-refractivity contribution in [3.63, 3.8) is 0 Å². The number of benzene rings is 6. The van der Waals surface area contributed by atoms with Gasteiger partial charge in [0.1, 0.15) is 5.82 Å². The zero-order valence-corrected chi connectivity index (χ0v) is 29.0. The lowest BCUT2D eigenvalue weighted by Crippen LogP contribution is -2.11. The Labute approximate surface area is 292 Å². The topological polar surface area (TPSA) is 46.5 Å². The molecule has 0 saturated heterocycles. The van der Waals surface area contributed by atoms with Crippen molar-refractivity contribution < 1.29 is 0 Å². The van der Waals surface area contributed by atoms with Crippen LogP contribution in [0.15, 0.2) is 134 Å². The van der Waals surface area contributed by atoms with Crippen LogP contribution in [0.5, 0.6) is 0 Å². The van der Waals surface area contributed by atoms with Gasteiger partial charge in [-0.1, -0.05) is 112 Å². The molecule has 50 heavy (non-hydrogen) atoms. The van der Waals surface area contributed by atoms with Crippen molar-refractivity contribution in [3.8, 4) is 39.3 Å². The number of imidazole rings is 1. The molecule has 4 nitrogen and oxygen atoms in total. The highest BCUT2D eigenvalue weighted by atomic mass is 15.1. The number of aryl methyl sites for hydroxylation is 2. The Bertz CT molecular complexity index is 2750. The molecule has 0 aliphatic rings. The number of rotatable bonds is 4. The second-order valence-corrected chi connectivity index (χ2v) is 14.5. The number of nitrogens with zero attached hydrogens (tertiary/aromatic N) is 3.